The quantitative estimate of drug-likeness (QED) is 0.800. The highest BCUT2D eigenvalue weighted by Gasteiger charge is 2.24. The number of nitrogens with zero attached hydrogens (tertiary/aromatic N) is 4. The Bertz CT molecular complexity index is 850. The van der Waals surface area contributed by atoms with Crippen LogP contribution in [0.4, 0.5) is 5.82 Å². The van der Waals surface area contributed by atoms with Gasteiger partial charge in [-0.3, -0.25) is 9.59 Å². The maximum absolute atomic E-state index is 12.5. The first-order valence-corrected chi connectivity index (χ1v) is 10.4. The fourth-order valence-corrected chi connectivity index (χ4v) is 4.29. The van der Waals surface area contributed by atoms with Crippen LogP contribution in [0.5, 0.6) is 0 Å². The molecule has 1 saturated carbocycles. The van der Waals surface area contributed by atoms with Crippen molar-refractivity contribution in [2.75, 3.05) is 31.1 Å². The van der Waals surface area contributed by atoms with Crippen molar-refractivity contribution in [3.63, 3.8) is 0 Å². The van der Waals surface area contributed by atoms with Crippen LogP contribution in [-0.2, 0) is 4.79 Å². The molecular weight excluding hydrogens is 352 g/mol. The maximum atomic E-state index is 12.5. The van der Waals surface area contributed by atoms with Gasteiger partial charge in [0.05, 0.1) is 5.69 Å². The fraction of sp³-hybridized carbons (Fsp3) is 0.500. The highest BCUT2D eigenvalue weighted by Crippen LogP contribution is 2.28. The number of carbonyl (C=O) groups excluding carboxylic acids is 1. The van der Waals surface area contributed by atoms with Crippen LogP contribution < -0.4 is 10.5 Å². The molecular formula is C22H28N4O2. The van der Waals surface area contributed by atoms with E-state index in [1.54, 1.807) is 12.1 Å². The Morgan fingerprint density at radius 3 is 2.39 bits per heavy atom. The Labute approximate surface area is 165 Å². The fourth-order valence-electron chi connectivity index (χ4n) is 4.29. The van der Waals surface area contributed by atoms with Crippen molar-refractivity contribution in [3.05, 3.63) is 52.8 Å². The number of amides is 1. The molecule has 6 nitrogen and oxygen atoms in total. The highest BCUT2D eigenvalue weighted by atomic mass is 16.2. The largest absolute Gasteiger partial charge is 0.352 e. The Kier molecular flexibility index (Phi) is 5.74. The molecule has 0 radical (unpaired) electrons. The van der Waals surface area contributed by atoms with Crippen molar-refractivity contribution in [1.82, 2.24) is 14.7 Å². The van der Waals surface area contributed by atoms with Gasteiger partial charge in [0.2, 0.25) is 5.91 Å². The topological polar surface area (TPSA) is 58.4 Å². The molecule has 1 aliphatic heterocycles. The summed E-state index contributed by atoms with van der Waals surface area (Å²) in [7, 11) is 0. The zero-order valence-corrected chi connectivity index (χ0v) is 16.3. The van der Waals surface area contributed by atoms with E-state index < -0.39 is 0 Å². The number of benzene rings is 1. The SMILES string of the molecule is O=C(CCC1CCCC1)N1CCN(c2ccc(=O)n(-c3ccccc3)n2)CC1. The predicted molar refractivity (Wildman–Crippen MR) is 110 cm³/mol. The lowest BCUT2D eigenvalue weighted by Gasteiger charge is -2.35. The highest BCUT2D eigenvalue weighted by molar-refractivity contribution is 5.76. The lowest BCUT2D eigenvalue weighted by atomic mass is 10.0. The predicted octanol–water partition coefficient (Wildman–Crippen LogP) is 2.85. The van der Waals surface area contributed by atoms with Gasteiger partial charge < -0.3 is 9.80 Å². The van der Waals surface area contributed by atoms with Gasteiger partial charge >= 0.3 is 0 Å². The average molecular weight is 380 g/mol. The Hall–Kier alpha value is -2.63. The van der Waals surface area contributed by atoms with Gasteiger partial charge in [-0.2, -0.15) is 4.68 Å². The summed E-state index contributed by atoms with van der Waals surface area (Å²) in [6.07, 6.45) is 6.98. The average Bonchev–Trinajstić information content (AvgIpc) is 3.27. The molecule has 4 rings (SSSR count). The van der Waals surface area contributed by atoms with Crippen LogP contribution in [-0.4, -0.2) is 46.8 Å². The van der Waals surface area contributed by atoms with Crippen LogP contribution in [0.3, 0.4) is 0 Å². The van der Waals surface area contributed by atoms with Crippen molar-refractivity contribution >= 4 is 11.7 Å². The molecule has 148 valence electrons. The molecule has 0 N–H and O–H groups in total. The van der Waals surface area contributed by atoms with Gasteiger partial charge in [-0.15, -0.1) is 5.10 Å². The summed E-state index contributed by atoms with van der Waals surface area (Å²) in [6.45, 7) is 2.93. The number of rotatable bonds is 5. The molecule has 0 atom stereocenters. The third kappa shape index (κ3) is 4.26. The minimum Gasteiger partial charge on any atom is -0.352 e. The molecule has 2 heterocycles. The van der Waals surface area contributed by atoms with E-state index in [1.807, 2.05) is 35.2 Å². The molecule has 28 heavy (non-hydrogen) atoms. The van der Waals surface area contributed by atoms with Gasteiger partial charge in [0.25, 0.3) is 5.56 Å². The second-order valence-corrected chi connectivity index (χ2v) is 7.83. The second-order valence-electron chi connectivity index (χ2n) is 7.83. The molecule has 6 heteroatoms. The van der Waals surface area contributed by atoms with Crippen molar-refractivity contribution in [2.45, 2.75) is 38.5 Å². The van der Waals surface area contributed by atoms with E-state index in [2.05, 4.69) is 10.00 Å². The molecule has 2 aliphatic rings. The van der Waals surface area contributed by atoms with Crippen LogP contribution in [0.1, 0.15) is 38.5 Å². The van der Waals surface area contributed by atoms with E-state index in [9.17, 15) is 9.59 Å². The Morgan fingerprint density at radius 1 is 0.964 bits per heavy atom. The van der Waals surface area contributed by atoms with Gasteiger partial charge in [-0.1, -0.05) is 43.9 Å². The van der Waals surface area contributed by atoms with Gasteiger partial charge in [-0.05, 0) is 30.5 Å². The van der Waals surface area contributed by atoms with Crippen LogP contribution in [0, 0.1) is 5.92 Å². The van der Waals surface area contributed by atoms with Gasteiger partial charge in [0, 0.05) is 38.7 Å². The second kappa shape index (κ2) is 8.59. The standard InChI is InChI=1S/C22H28N4O2/c27-21(12-10-18-6-4-5-7-18)25-16-14-24(15-17-25)20-11-13-22(28)26(23-20)19-8-2-1-3-9-19/h1-3,8-9,11,13,18H,4-7,10,12,14-17H2. The van der Waals surface area contributed by atoms with Gasteiger partial charge in [0.1, 0.15) is 5.82 Å². The monoisotopic (exact) mass is 380 g/mol. The summed E-state index contributed by atoms with van der Waals surface area (Å²) in [5.74, 6) is 1.82. The summed E-state index contributed by atoms with van der Waals surface area (Å²) in [4.78, 5) is 28.9. The molecule has 2 aromatic rings. The molecule has 1 saturated heterocycles. The number of anilines is 1. The zero-order valence-electron chi connectivity index (χ0n) is 16.3. The van der Waals surface area contributed by atoms with Crippen LogP contribution in [0.2, 0.25) is 0 Å². The molecule has 1 amide bonds. The third-order valence-corrected chi connectivity index (χ3v) is 5.98. The number of hydrogen-bond donors (Lipinski definition) is 0. The molecule has 0 bridgehead atoms. The summed E-state index contributed by atoms with van der Waals surface area (Å²) in [5, 5.41) is 4.55. The van der Waals surface area contributed by atoms with Gasteiger partial charge in [-0.25, -0.2) is 0 Å². The number of carbonyl (C=O) groups is 1. The van der Waals surface area contributed by atoms with Gasteiger partial charge in [0.15, 0.2) is 0 Å². The maximum Gasteiger partial charge on any atom is 0.271 e. The minimum atomic E-state index is -0.143. The van der Waals surface area contributed by atoms with Crippen LogP contribution >= 0.6 is 0 Å². The smallest absolute Gasteiger partial charge is 0.271 e. The van der Waals surface area contributed by atoms with Crippen LogP contribution in [0.15, 0.2) is 47.3 Å². The number of aromatic nitrogens is 2. The van der Waals surface area contributed by atoms with E-state index in [0.29, 0.717) is 6.42 Å². The normalized spacial score (nSPS) is 17.9. The minimum absolute atomic E-state index is 0.143. The Balaban J connectivity index is 1.36. The molecule has 0 spiro atoms. The molecule has 1 aromatic heterocycles. The molecule has 2 fully saturated rings. The summed E-state index contributed by atoms with van der Waals surface area (Å²) in [6, 6.07) is 12.8. The van der Waals surface area contributed by atoms with Crippen LogP contribution in [0.25, 0.3) is 5.69 Å². The van der Waals surface area contributed by atoms with Crippen molar-refractivity contribution in [2.24, 2.45) is 5.92 Å². The number of para-hydroxylation sites is 1. The first-order valence-electron chi connectivity index (χ1n) is 10.4. The first kappa shape index (κ1) is 18.7. The van der Waals surface area contributed by atoms with E-state index >= 15 is 0 Å². The molecule has 0 unspecified atom stereocenters. The first-order chi connectivity index (χ1) is 13.7. The summed E-state index contributed by atoms with van der Waals surface area (Å²) < 4.78 is 1.44. The summed E-state index contributed by atoms with van der Waals surface area (Å²) in [5.41, 5.74) is 0.616. The van der Waals surface area contributed by atoms with Crippen molar-refractivity contribution in [3.8, 4) is 5.69 Å². The number of hydrogen-bond acceptors (Lipinski definition) is 4. The lowest BCUT2D eigenvalue weighted by Crippen LogP contribution is -2.49. The molecule has 1 aliphatic carbocycles. The Morgan fingerprint density at radius 2 is 1.68 bits per heavy atom. The van der Waals surface area contributed by atoms with E-state index in [4.69, 9.17) is 0 Å². The zero-order chi connectivity index (χ0) is 19.3. The van der Waals surface area contributed by atoms with E-state index in [0.717, 1.165) is 50.0 Å². The lowest BCUT2D eigenvalue weighted by molar-refractivity contribution is -0.131. The third-order valence-electron chi connectivity index (χ3n) is 5.98. The van der Waals surface area contributed by atoms with Crippen molar-refractivity contribution in [1.29, 1.82) is 0 Å². The van der Waals surface area contributed by atoms with E-state index in [1.165, 1.54) is 30.4 Å². The molecule has 1 aromatic carbocycles. The van der Waals surface area contributed by atoms with E-state index in [-0.39, 0.29) is 11.5 Å². The summed E-state index contributed by atoms with van der Waals surface area (Å²) >= 11 is 0. The number of piperazine rings is 1. The van der Waals surface area contributed by atoms with Crippen molar-refractivity contribution < 1.29 is 4.79 Å².